The number of carbonyl (C=O) groups is 1. The van der Waals surface area contributed by atoms with E-state index in [1.54, 1.807) is 26.4 Å². The summed E-state index contributed by atoms with van der Waals surface area (Å²) in [5.74, 6) is 1.41. The summed E-state index contributed by atoms with van der Waals surface area (Å²) >= 11 is 0. The van der Waals surface area contributed by atoms with E-state index in [0.29, 0.717) is 23.1 Å². The molecule has 21 heavy (non-hydrogen) atoms. The lowest BCUT2D eigenvalue weighted by Gasteiger charge is -2.32. The van der Waals surface area contributed by atoms with E-state index in [1.165, 1.54) is 0 Å². The van der Waals surface area contributed by atoms with Crippen molar-refractivity contribution < 1.29 is 14.3 Å². The van der Waals surface area contributed by atoms with Crippen LogP contribution in [-0.2, 0) is 0 Å². The first-order valence-corrected chi connectivity index (χ1v) is 7.29. The van der Waals surface area contributed by atoms with Crippen LogP contribution in [0.5, 0.6) is 11.5 Å². The van der Waals surface area contributed by atoms with Crippen LogP contribution in [0.4, 0.5) is 0 Å². The number of amides is 1. The summed E-state index contributed by atoms with van der Waals surface area (Å²) in [4.78, 5) is 14.5. The molecule has 2 rings (SSSR count). The smallest absolute Gasteiger partial charge is 0.254 e. The van der Waals surface area contributed by atoms with Crippen LogP contribution in [0.1, 0.15) is 28.8 Å². The van der Waals surface area contributed by atoms with Crippen molar-refractivity contribution in [2.45, 2.75) is 25.8 Å². The molecule has 1 N–H and O–H groups in total. The molecule has 1 amide bonds. The average Bonchev–Trinajstić information content (AvgIpc) is 2.54. The zero-order valence-corrected chi connectivity index (χ0v) is 13.2. The van der Waals surface area contributed by atoms with Crippen LogP contribution in [-0.4, -0.2) is 51.2 Å². The lowest BCUT2D eigenvalue weighted by molar-refractivity contribution is 0.0706. The van der Waals surface area contributed by atoms with Crippen molar-refractivity contribution >= 4 is 5.91 Å². The van der Waals surface area contributed by atoms with E-state index in [9.17, 15) is 4.79 Å². The lowest BCUT2D eigenvalue weighted by atomic mass is 10.0. The average molecular weight is 292 g/mol. The Morgan fingerprint density at radius 1 is 1.19 bits per heavy atom. The number of ether oxygens (including phenoxy) is 2. The molecule has 116 valence electrons. The highest BCUT2D eigenvalue weighted by molar-refractivity contribution is 5.95. The first kappa shape index (κ1) is 15.6. The van der Waals surface area contributed by atoms with Crippen LogP contribution < -0.4 is 14.8 Å². The van der Waals surface area contributed by atoms with Gasteiger partial charge >= 0.3 is 0 Å². The molecule has 1 aliphatic heterocycles. The van der Waals surface area contributed by atoms with Crippen LogP contribution in [0.15, 0.2) is 12.1 Å². The van der Waals surface area contributed by atoms with E-state index in [4.69, 9.17) is 9.47 Å². The number of methoxy groups -OCH3 is 2. The Bertz CT molecular complexity index is 483. The summed E-state index contributed by atoms with van der Waals surface area (Å²) in [6.07, 6.45) is 1.98. The molecule has 0 atom stereocenters. The molecule has 1 aliphatic rings. The summed E-state index contributed by atoms with van der Waals surface area (Å²) < 4.78 is 10.7. The van der Waals surface area contributed by atoms with Gasteiger partial charge in [-0.15, -0.1) is 0 Å². The van der Waals surface area contributed by atoms with Crippen LogP contribution in [0.3, 0.4) is 0 Å². The third-order valence-corrected chi connectivity index (χ3v) is 4.19. The molecule has 0 radical (unpaired) electrons. The minimum absolute atomic E-state index is 0.0427. The molecule has 1 heterocycles. The minimum Gasteiger partial charge on any atom is -0.496 e. The molecular formula is C16H24N2O3. The molecule has 1 fully saturated rings. The second kappa shape index (κ2) is 6.80. The number of likely N-dealkylation sites (tertiary alicyclic amines) is 1. The summed E-state index contributed by atoms with van der Waals surface area (Å²) in [5, 5.41) is 3.27. The van der Waals surface area contributed by atoms with Crippen molar-refractivity contribution in [2.24, 2.45) is 0 Å². The van der Waals surface area contributed by atoms with Crippen molar-refractivity contribution in [1.29, 1.82) is 0 Å². The summed E-state index contributed by atoms with van der Waals surface area (Å²) in [7, 11) is 5.18. The van der Waals surface area contributed by atoms with E-state index in [0.717, 1.165) is 31.5 Å². The second-order valence-electron chi connectivity index (χ2n) is 5.36. The molecule has 5 nitrogen and oxygen atoms in total. The normalized spacial score (nSPS) is 15.9. The van der Waals surface area contributed by atoms with Gasteiger partial charge in [-0.05, 0) is 38.9 Å². The standard InChI is InChI=1S/C16H24N2O3/c1-11-14(20-3)9-12(10-15(11)21-4)16(19)18-7-5-13(17-2)6-8-18/h9-10,13,17H,5-8H2,1-4H3. The van der Waals surface area contributed by atoms with Gasteiger partial charge in [0.05, 0.1) is 14.2 Å². The molecule has 0 aliphatic carbocycles. The van der Waals surface area contributed by atoms with Crippen molar-refractivity contribution in [1.82, 2.24) is 10.2 Å². The molecule has 0 aromatic heterocycles. The van der Waals surface area contributed by atoms with Gasteiger partial charge in [-0.2, -0.15) is 0 Å². The third-order valence-electron chi connectivity index (χ3n) is 4.19. The maximum Gasteiger partial charge on any atom is 0.254 e. The monoisotopic (exact) mass is 292 g/mol. The fraction of sp³-hybridized carbons (Fsp3) is 0.562. The van der Waals surface area contributed by atoms with Gasteiger partial charge < -0.3 is 19.7 Å². The molecule has 1 aromatic rings. The Kier molecular flexibility index (Phi) is 5.07. The van der Waals surface area contributed by atoms with Crippen molar-refractivity contribution in [3.8, 4) is 11.5 Å². The Balaban J connectivity index is 2.19. The largest absolute Gasteiger partial charge is 0.496 e. The van der Waals surface area contributed by atoms with Gasteiger partial charge in [0.25, 0.3) is 5.91 Å². The van der Waals surface area contributed by atoms with Crippen LogP contribution in [0.25, 0.3) is 0 Å². The zero-order valence-electron chi connectivity index (χ0n) is 13.2. The summed E-state index contributed by atoms with van der Waals surface area (Å²) in [5.41, 5.74) is 1.53. The van der Waals surface area contributed by atoms with Crippen molar-refractivity contribution in [3.05, 3.63) is 23.3 Å². The molecular weight excluding hydrogens is 268 g/mol. The highest BCUT2D eigenvalue weighted by Crippen LogP contribution is 2.30. The predicted octanol–water partition coefficient (Wildman–Crippen LogP) is 1.84. The third kappa shape index (κ3) is 3.29. The molecule has 0 saturated carbocycles. The van der Waals surface area contributed by atoms with E-state index >= 15 is 0 Å². The fourth-order valence-corrected chi connectivity index (χ4v) is 2.76. The van der Waals surface area contributed by atoms with E-state index < -0.39 is 0 Å². The number of nitrogens with one attached hydrogen (secondary N) is 1. The van der Waals surface area contributed by atoms with Gasteiger partial charge in [-0.25, -0.2) is 0 Å². The Hall–Kier alpha value is -1.75. The fourth-order valence-electron chi connectivity index (χ4n) is 2.76. The molecule has 0 bridgehead atoms. The van der Waals surface area contributed by atoms with E-state index in [-0.39, 0.29) is 5.91 Å². The van der Waals surface area contributed by atoms with Gasteiger partial charge in [-0.1, -0.05) is 0 Å². The van der Waals surface area contributed by atoms with Gasteiger partial charge in [0, 0.05) is 30.3 Å². The van der Waals surface area contributed by atoms with E-state index in [2.05, 4.69) is 5.32 Å². The van der Waals surface area contributed by atoms with Gasteiger partial charge in [0.15, 0.2) is 0 Å². The highest BCUT2D eigenvalue weighted by Gasteiger charge is 2.24. The number of nitrogens with zero attached hydrogens (tertiary/aromatic N) is 1. The van der Waals surface area contributed by atoms with Gasteiger partial charge in [0.1, 0.15) is 11.5 Å². The number of hydrogen-bond acceptors (Lipinski definition) is 4. The second-order valence-corrected chi connectivity index (χ2v) is 5.36. The quantitative estimate of drug-likeness (QED) is 0.920. The Labute approximate surface area is 126 Å². The summed E-state index contributed by atoms with van der Waals surface area (Å²) in [6, 6.07) is 4.10. The number of benzene rings is 1. The number of piperidine rings is 1. The Morgan fingerprint density at radius 2 is 1.71 bits per heavy atom. The van der Waals surface area contributed by atoms with Gasteiger partial charge in [-0.3, -0.25) is 4.79 Å². The summed E-state index contributed by atoms with van der Waals surface area (Å²) in [6.45, 7) is 3.48. The lowest BCUT2D eigenvalue weighted by Crippen LogP contribution is -2.43. The number of carbonyl (C=O) groups excluding carboxylic acids is 1. The number of rotatable bonds is 4. The molecule has 1 saturated heterocycles. The SMILES string of the molecule is CNC1CCN(C(=O)c2cc(OC)c(C)c(OC)c2)CC1. The maximum atomic E-state index is 12.6. The maximum absolute atomic E-state index is 12.6. The minimum atomic E-state index is 0.0427. The molecule has 5 heteroatoms. The zero-order chi connectivity index (χ0) is 15.4. The highest BCUT2D eigenvalue weighted by atomic mass is 16.5. The number of hydrogen-bond donors (Lipinski definition) is 1. The molecule has 0 spiro atoms. The van der Waals surface area contributed by atoms with Gasteiger partial charge in [0.2, 0.25) is 0 Å². The topological polar surface area (TPSA) is 50.8 Å². The van der Waals surface area contributed by atoms with Crippen LogP contribution in [0, 0.1) is 6.92 Å². The molecule has 1 aromatic carbocycles. The predicted molar refractivity (Wildman–Crippen MR) is 82.3 cm³/mol. The first-order valence-electron chi connectivity index (χ1n) is 7.29. The first-order chi connectivity index (χ1) is 10.1. The van der Waals surface area contributed by atoms with Crippen LogP contribution >= 0.6 is 0 Å². The van der Waals surface area contributed by atoms with Crippen molar-refractivity contribution in [3.63, 3.8) is 0 Å². The van der Waals surface area contributed by atoms with Crippen LogP contribution in [0.2, 0.25) is 0 Å². The molecule has 0 unspecified atom stereocenters. The van der Waals surface area contributed by atoms with E-state index in [1.807, 2.05) is 18.9 Å². The van der Waals surface area contributed by atoms with Crippen molar-refractivity contribution in [2.75, 3.05) is 34.4 Å². The Morgan fingerprint density at radius 3 is 2.14 bits per heavy atom.